The van der Waals surface area contributed by atoms with Gasteiger partial charge in [-0.05, 0) is 26.7 Å². The third-order valence-electron chi connectivity index (χ3n) is 3.19. The van der Waals surface area contributed by atoms with Crippen LogP contribution in [0.25, 0.3) is 0 Å². The largest absolute Gasteiger partial charge is 0.345 e. The molecule has 4 heteroatoms. The molecule has 1 heterocycles. The van der Waals surface area contributed by atoms with Crippen molar-refractivity contribution in [3.05, 3.63) is 10.6 Å². The zero-order chi connectivity index (χ0) is 12.8. The van der Waals surface area contributed by atoms with Crippen molar-refractivity contribution in [1.82, 2.24) is 4.98 Å². The van der Waals surface area contributed by atoms with Gasteiger partial charge in [-0.25, -0.2) is 4.98 Å². The Bertz CT molecular complexity index is 335. The zero-order valence-corrected chi connectivity index (χ0v) is 12.3. The Kier molecular flexibility index (Phi) is 5.92. The molecule has 0 amide bonds. The van der Waals surface area contributed by atoms with Crippen LogP contribution in [-0.4, -0.2) is 17.6 Å². The molecule has 3 nitrogen and oxygen atoms in total. The van der Waals surface area contributed by atoms with E-state index in [0.717, 1.165) is 23.8 Å². The molecule has 1 aromatic heterocycles. The van der Waals surface area contributed by atoms with E-state index in [1.165, 1.54) is 17.7 Å². The van der Waals surface area contributed by atoms with Crippen molar-refractivity contribution in [2.75, 3.05) is 11.4 Å². The minimum atomic E-state index is 0.553. The smallest absolute Gasteiger partial charge is 0.186 e. The fourth-order valence-corrected chi connectivity index (χ4v) is 2.85. The first-order chi connectivity index (χ1) is 8.13. The van der Waals surface area contributed by atoms with E-state index in [-0.39, 0.29) is 0 Å². The summed E-state index contributed by atoms with van der Waals surface area (Å²) in [6.07, 6.45) is 3.60. The van der Waals surface area contributed by atoms with E-state index in [9.17, 15) is 0 Å². The molecule has 0 aliphatic rings. The van der Waals surface area contributed by atoms with Crippen LogP contribution < -0.4 is 10.6 Å². The van der Waals surface area contributed by atoms with Crippen LogP contribution in [0.4, 0.5) is 5.13 Å². The van der Waals surface area contributed by atoms with Crippen LogP contribution in [0.2, 0.25) is 0 Å². The highest BCUT2D eigenvalue weighted by Crippen LogP contribution is 2.28. The Balaban J connectivity index is 2.87. The lowest BCUT2D eigenvalue weighted by atomic mass is 10.2. The average molecular weight is 255 g/mol. The number of hydrogen-bond acceptors (Lipinski definition) is 4. The molecule has 0 bridgehead atoms. The second kappa shape index (κ2) is 6.97. The van der Waals surface area contributed by atoms with Gasteiger partial charge in [-0.1, -0.05) is 20.3 Å². The van der Waals surface area contributed by atoms with Crippen LogP contribution in [0.1, 0.15) is 50.6 Å². The molecule has 0 radical (unpaired) electrons. The number of anilines is 1. The predicted octanol–water partition coefficient (Wildman–Crippen LogP) is 3.32. The third-order valence-corrected chi connectivity index (χ3v) is 4.40. The highest BCUT2D eigenvalue weighted by atomic mass is 32.1. The number of thiazole rings is 1. The molecule has 0 fully saturated rings. The summed E-state index contributed by atoms with van der Waals surface area (Å²) in [7, 11) is 0. The van der Waals surface area contributed by atoms with Crippen LogP contribution >= 0.6 is 11.3 Å². The first-order valence-corrected chi connectivity index (χ1v) is 7.38. The Labute approximate surface area is 109 Å². The summed E-state index contributed by atoms with van der Waals surface area (Å²) in [6, 6.07) is 0.553. The van der Waals surface area contributed by atoms with E-state index >= 15 is 0 Å². The summed E-state index contributed by atoms with van der Waals surface area (Å²) < 4.78 is 0. The molecule has 0 aromatic carbocycles. The average Bonchev–Trinajstić information content (AvgIpc) is 2.70. The summed E-state index contributed by atoms with van der Waals surface area (Å²) in [6.45, 7) is 10.5. The number of nitrogens with zero attached hydrogens (tertiary/aromatic N) is 2. The Morgan fingerprint density at radius 3 is 2.59 bits per heavy atom. The van der Waals surface area contributed by atoms with Gasteiger partial charge < -0.3 is 10.6 Å². The summed E-state index contributed by atoms with van der Waals surface area (Å²) >= 11 is 1.75. The van der Waals surface area contributed by atoms with Crippen LogP contribution in [0.15, 0.2) is 0 Å². The molecule has 17 heavy (non-hydrogen) atoms. The number of hydrogen-bond donors (Lipinski definition) is 1. The van der Waals surface area contributed by atoms with Crippen LogP contribution in [-0.2, 0) is 6.54 Å². The number of nitrogens with two attached hydrogens (primary N) is 1. The lowest BCUT2D eigenvalue weighted by Crippen LogP contribution is -2.33. The molecule has 1 atom stereocenters. The molecule has 1 aromatic rings. The quantitative estimate of drug-likeness (QED) is 0.812. The second-order valence-electron chi connectivity index (χ2n) is 4.51. The first kappa shape index (κ1) is 14.5. The summed E-state index contributed by atoms with van der Waals surface area (Å²) in [4.78, 5) is 8.31. The van der Waals surface area contributed by atoms with Gasteiger partial charge in [0.2, 0.25) is 0 Å². The molecule has 98 valence electrons. The number of aromatic nitrogens is 1. The SMILES string of the molecule is CCCCN(c1nc(C)c(CN)s1)C(C)CC. The maximum Gasteiger partial charge on any atom is 0.186 e. The lowest BCUT2D eigenvalue weighted by Gasteiger charge is -2.28. The normalized spacial score (nSPS) is 12.8. The molecular formula is C13H25N3S. The summed E-state index contributed by atoms with van der Waals surface area (Å²) in [5.41, 5.74) is 6.82. The van der Waals surface area contributed by atoms with Crippen LogP contribution in [0.5, 0.6) is 0 Å². The molecule has 2 N–H and O–H groups in total. The molecule has 0 spiro atoms. The second-order valence-corrected chi connectivity index (χ2v) is 5.58. The van der Waals surface area contributed by atoms with Gasteiger partial charge >= 0.3 is 0 Å². The first-order valence-electron chi connectivity index (χ1n) is 6.57. The monoisotopic (exact) mass is 255 g/mol. The maximum atomic E-state index is 5.72. The van der Waals surface area contributed by atoms with Crippen molar-refractivity contribution < 1.29 is 0 Å². The maximum absolute atomic E-state index is 5.72. The van der Waals surface area contributed by atoms with Gasteiger partial charge in [0.15, 0.2) is 5.13 Å². The van der Waals surface area contributed by atoms with Gasteiger partial charge in [-0.15, -0.1) is 11.3 Å². The van der Waals surface area contributed by atoms with E-state index in [2.05, 4.69) is 37.6 Å². The fourth-order valence-electron chi connectivity index (χ4n) is 1.78. The van der Waals surface area contributed by atoms with Gasteiger partial charge in [0.1, 0.15) is 0 Å². The zero-order valence-electron chi connectivity index (χ0n) is 11.5. The molecule has 1 unspecified atom stereocenters. The van der Waals surface area contributed by atoms with Gasteiger partial charge in [-0.3, -0.25) is 0 Å². The lowest BCUT2D eigenvalue weighted by molar-refractivity contribution is 0.594. The fraction of sp³-hybridized carbons (Fsp3) is 0.769. The predicted molar refractivity (Wildman–Crippen MR) is 76.7 cm³/mol. The van der Waals surface area contributed by atoms with Crippen molar-refractivity contribution >= 4 is 16.5 Å². The molecule has 1 rings (SSSR count). The van der Waals surface area contributed by atoms with E-state index < -0.39 is 0 Å². The minimum Gasteiger partial charge on any atom is -0.345 e. The van der Waals surface area contributed by atoms with Gasteiger partial charge in [-0.2, -0.15) is 0 Å². The van der Waals surface area contributed by atoms with Crippen molar-refractivity contribution in [2.24, 2.45) is 5.73 Å². The Morgan fingerprint density at radius 2 is 2.12 bits per heavy atom. The van der Waals surface area contributed by atoms with Crippen molar-refractivity contribution in [3.8, 4) is 0 Å². The standard InChI is InChI=1S/C13H25N3S/c1-5-7-8-16(10(3)6-2)13-15-11(4)12(9-14)17-13/h10H,5-9,14H2,1-4H3. The summed E-state index contributed by atoms with van der Waals surface area (Å²) in [5, 5.41) is 1.14. The molecular weight excluding hydrogens is 230 g/mol. The number of unbranched alkanes of at least 4 members (excludes halogenated alkanes) is 1. The number of rotatable bonds is 7. The topological polar surface area (TPSA) is 42.2 Å². The Morgan fingerprint density at radius 1 is 1.41 bits per heavy atom. The Hall–Kier alpha value is -0.610. The van der Waals surface area contributed by atoms with E-state index in [4.69, 9.17) is 5.73 Å². The van der Waals surface area contributed by atoms with E-state index in [1.807, 2.05) is 0 Å². The molecule has 0 saturated heterocycles. The van der Waals surface area contributed by atoms with Crippen LogP contribution in [0.3, 0.4) is 0 Å². The number of aryl methyl sites for hydroxylation is 1. The van der Waals surface area contributed by atoms with Crippen molar-refractivity contribution in [3.63, 3.8) is 0 Å². The molecule has 0 aliphatic carbocycles. The van der Waals surface area contributed by atoms with Gasteiger partial charge in [0, 0.05) is 24.0 Å². The summed E-state index contributed by atoms with van der Waals surface area (Å²) in [5.74, 6) is 0. The van der Waals surface area contributed by atoms with Gasteiger partial charge in [0.25, 0.3) is 0 Å². The third kappa shape index (κ3) is 3.68. The van der Waals surface area contributed by atoms with Gasteiger partial charge in [0.05, 0.1) is 5.69 Å². The van der Waals surface area contributed by atoms with Crippen molar-refractivity contribution in [1.29, 1.82) is 0 Å². The van der Waals surface area contributed by atoms with Crippen LogP contribution in [0, 0.1) is 6.92 Å². The molecule has 0 saturated carbocycles. The highest BCUT2D eigenvalue weighted by molar-refractivity contribution is 7.15. The van der Waals surface area contributed by atoms with Crippen molar-refractivity contribution in [2.45, 2.75) is 59.5 Å². The molecule has 0 aliphatic heterocycles. The van der Waals surface area contributed by atoms with E-state index in [0.29, 0.717) is 12.6 Å². The van der Waals surface area contributed by atoms with E-state index in [1.54, 1.807) is 11.3 Å². The highest BCUT2D eigenvalue weighted by Gasteiger charge is 2.17. The minimum absolute atomic E-state index is 0.553.